The van der Waals surface area contributed by atoms with Gasteiger partial charge in [0, 0.05) is 5.41 Å². The van der Waals surface area contributed by atoms with E-state index in [0.717, 1.165) is 72.1 Å². The Morgan fingerprint density at radius 3 is 1.57 bits per heavy atom. The Hall–Kier alpha value is -1.96. The van der Waals surface area contributed by atoms with Gasteiger partial charge >= 0.3 is 0 Å². The van der Waals surface area contributed by atoms with Gasteiger partial charge in [0.15, 0.2) is 0 Å². The molecule has 2 heteroatoms. The van der Waals surface area contributed by atoms with E-state index in [1.807, 2.05) is 0 Å². The van der Waals surface area contributed by atoms with Gasteiger partial charge in [-0.05, 0) is 133 Å². The van der Waals surface area contributed by atoms with Crippen molar-refractivity contribution in [3.05, 3.63) is 47.5 Å². The third-order valence-corrected chi connectivity index (χ3v) is 11.5. The monoisotopic (exact) mass is 470 g/mol. The zero-order valence-electron chi connectivity index (χ0n) is 22.1. The average molecular weight is 471 g/mol. The van der Waals surface area contributed by atoms with Crippen molar-refractivity contribution in [3.8, 4) is 22.6 Å². The Balaban J connectivity index is 1.33. The molecule has 35 heavy (non-hydrogen) atoms. The molecule has 0 N–H and O–H groups in total. The summed E-state index contributed by atoms with van der Waals surface area (Å²) in [5.41, 5.74) is 6.11. The van der Waals surface area contributed by atoms with Crippen molar-refractivity contribution >= 4 is 0 Å². The molecular formula is C33H42O2. The van der Waals surface area contributed by atoms with Crippen LogP contribution in [0.3, 0.4) is 0 Å². The van der Waals surface area contributed by atoms with E-state index in [9.17, 15) is 0 Å². The molecule has 5 aliphatic rings. The molecule has 2 aromatic rings. The van der Waals surface area contributed by atoms with Crippen LogP contribution in [0.25, 0.3) is 11.1 Å². The maximum Gasteiger partial charge on any atom is 0.119 e. The quantitative estimate of drug-likeness (QED) is 0.424. The van der Waals surface area contributed by atoms with Crippen molar-refractivity contribution < 1.29 is 9.47 Å². The molecule has 5 aliphatic carbocycles. The van der Waals surface area contributed by atoms with Crippen LogP contribution < -0.4 is 9.47 Å². The van der Waals surface area contributed by atoms with Crippen LogP contribution >= 0.6 is 0 Å². The fourth-order valence-corrected chi connectivity index (χ4v) is 10.6. The summed E-state index contributed by atoms with van der Waals surface area (Å²) in [7, 11) is 0. The molecule has 0 aromatic heterocycles. The van der Waals surface area contributed by atoms with Crippen molar-refractivity contribution in [2.45, 2.75) is 71.6 Å². The normalized spacial score (nSPS) is 36.8. The molecule has 2 bridgehead atoms. The Morgan fingerprint density at radius 1 is 0.657 bits per heavy atom. The number of hydrogen-bond acceptors (Lipinski definition) is 2. The zero-order chi connectivity index (χ0) is 23.9. The van der Waals surface area contributed by atoms with Crippen LogP contribution in [-0.2, 0) is 5.41 Å². The summed E-state index contributed by atoms with van der Waals surface area (Å²) in [6.07, 6.45) is 8.50. The predicted octanol–water partition coefficient (Wildman–Crippen LogP) is 8.11. The van der Waals surface area contributed by atoms with Crippen molar-refractivity contribution in [3.63, 3.8) is 0 Å². The first-order valence-electron chi connectivity index (χ1n) is 14.7. The first kappa shape index (κ1) is 22.3. The van der Waals surface area contributed by atoms with Gasteiger partial charge in [-0.2, -0.15) is 0 Å². The topological polar surface area (TPSA) is 18.5 Å². The van der Waals surface area contributed by atoms with Gasteiger partial charge in [-0.1, -0.05) is 38.8 Å². The molecule has 2 nitrogen and oxygen atoms in total. The summed E-state index contributed by atoms with van der Waals surface area (Å²) in [5.74, 6) is 9.79. The Labute approximate surface area is 211 Å². The van der Waals surface area contributed by atoms with Crippen LogP contribution in [0.15, 0.2) is 36.4 Å². The molecule has 4 saturated carbocycles. The molecule has 0 heterocycles. The number of ether oxygens (including phenoxy) is 2. The Bertz CT molecular complexity index is 1050. The second-order valence-electron chi connectivity index (χ2n) is 12.4. The lowest BCUT2D eigenvalue weighted by atomic mass is 9.67. The largest absolute Gasteiger partial charge is 0.494 e. The average Bonchev–Trinajstić information content (AvgIpc) is 3.65. The highest BCUT2D eigenvalue weighted by atomic mass is 16.5. The number of fused-ring (bicyclic) bond motifs is 13. The standard InChI is InChI=1S/C33H42O2/c1-5-19-13-20(6-2)32-26-16-25(31(19)32)27-17-33(18-28(26)27)29-14-21(34-7-3)9-11-23(29)24-12-10-22(35-8-4)15-30(24)33/h9-12,14-15,19-20,25-28,31-32H,5-8,13,16-18H2,1-4H3. The second-order valence-corrected chi connectivity index (χ2v) is 12.4. The highest BCUT2D eigenvalue weighted by Crippen LogP contribution is 2.74. The first-order valence-corrected chi connectivity index (χ1v) is 14.7. The summed E-state index contributed by atoms with van der Waals surface area (Å²) < 4.78 is 12.1. The summed E-state index contributed by atoms with van der Waals surface area (Å²) in [5, 5.41) is 0. The second kappa shape index (κ2) is 8.02. The summed E-state index contributed by atoms with van der Waals surface area (Å²) in [4.78, 5) is 0. The van der Waals surface area contributed by atoms with Gasteiger partial charge in [-0.15, -0.1) is 0 Å². The highest BCUT2D eigenvalue weighted by Gasteiger charge is 2.68. The molecule has 0 amide bonds. The summed E-state index contributed by atoms with van der Waals surface area (Å²) in [6.45, 7) is 10.6. The smallest absolute Gasteiger partial charge is 0.119 e. The van der Waals surface area contributed by atoms with Crippen LogP contribution in [0, 0.1) is 47.3 Å². The number of rotatable bonds is 6. The first-order chi connectivity index (χ1) is 17.1. The van der Waals surface area contributed by atoms with E-state index in [2.05, 4.69) is 64.1 Å². The summed E-state index contributed by atoms with van der Waals surface area (Å²) >= 11 is 0. The molecule has 8 atom stereocenters. The molecule has 0 aliphatic heterocycles. The number of benzene rings is 2. The van der Waals surface area contributed by atoms with Crippen molar-refractivity contribution in [2.24, 2.45) is 47.3 Å². The molecule has 4 fully saturated rings. The molecule has 0 radical (unpaired) electrons. The fraction of sp³-hybridized carbons (Fsp3) is 0.636. The Morgan fingerprint density at radius 2 is 1.14 bits per heavy atom. The zero-order valence-corrected chi connectivity index (χ0v) is 22.1. The third-order valence-electron chi connectivity index (χ3n) is 11.5. The van der Waals surface area contributed by atoms with Gasteiger partial charge in [0.25, 0.3) is 0 Å². The minimum absolute atomic E-state index is 0.138. The molecular weight excluding hydrogens is 428 g/mol. The summed E-state index contributed by atoms with van der Waals surface area (Å²) in [6, 6.07) is 13.9. The van der Waals surface area contributed by atoms with Crippen molar-refractivity contribution in [1.29, 1.82) is 0 Å². The van der Waals surface area contributed by atoms with E-state index >= 15 is 0 Å². The lowest BCUT2D eigenvalue weighted by molar-refractivity contribution is 0.0950. The van der Waals surface area contributed by atoms with Gasteiger partial charge in [-0.3, -0.25) is 0 Å². The van der Waals surface area contributed by atoms with E-state index in [4.69, 9.17) is 9.47 Å². The van der Waals surface area contributed by atoms with Crippen LogP contribution in [0.5, 0.6) is 11.5 Å². The fourth-order valence-electron chi connectivity index (χ4n) is 10.6. The van der Waals surface area contributed by atoms with Crippen LogP contribution in [-0.4, -0.2) is 13.2 Å². The van der Waals surface area contributed by atoms with E-state index in [-0.39, 0.29) is 5.41 Å². The maximum absolute atomic E-state index is 6.04. The molecule has 8 unspecified atom stereocenters. The van der Waals surface area contributed by atoms with E-state index in [1.165, 1.54) is 49.7 Å². The van der Waals surface area contributed by atoms with E-state index in [0.29, 0.717) is 0 Å². The molecule has 0 saturated heterocycles. The van der Waals surface area contributed by atoms with Gasteiger partial charge < -0.3 is 9.47 Å². The van der Waals surface area contributed by atoms with Gasteiger partial charge in [0.1, 0.15) is 11.5 Å². The lowest BCUT2D eigenvalue weighted by Gasteiger charge is -2.38. The highest BCUT2D eigenvalue weighted by molar-refractivity contribution is 5.82. The third kappa shape index (κ3) is 2.89. The molecule has 1 spiro atoms. The van der Waals surface area contributed by atoms with Crippen LogP contribution in [0.1, 0.15) is 77.3 Å². The lowest BCUT2D eigenvalue weighted by Crippen LogP contribution is -2.33. The molecule has 2 aromatic carbocycles. The number of hydrogen-bond donors (Lipinski definition) is 0. The van der Waals surface area contributed by atoms with Crippen molar-refractivity contribution in [2.75, 3.05) is 13.2 Å². The van der Waals surface area contributed by atoms with E-state index < -0.39 is 0 Å². The van der Waals surface area contributed by atoms with Gasteiger partial charge in [-0.25, -0.2) is 0 Å². The van der Waals surface area contributed by atoms with Gasteiger partial charge in [0.2, 0.25) is 0 Å². The molecule has 186 valence electrons. The SMILES string of the molecule is CCOc1ccc2c(c1)C1(CC3C(C1)C1CC3C3C(CC)CC(CC)C13)c1cc(OCC)ccc1-2. The molecule has 7 rings (SSSR count). The van der Waals surface area contributed by atoms with E-state index in [1.54, 1.807) is 11.1 Å². The maximum atomic E-state index is 6.04. The van der Waals surface area contributed by atoms with Crippen LogP contribution in [0.4, 0.5) is 0 Å². The van der Waals surface area contributed by atoms with Crippen LogP contribution in [0.2, 0.25) is 0 Å². The minimum atomic E-state index is 0.138. The van der Waals surface area contributed by atoms with Crippen molar-refractivity contribution in [1.82, 2.24) is 0 Å². The predicted molar refractivity (Wildman–Crippen MR) is 142 cm³/mol. The Kier molecular flexibility index (Phi) is 5.10. The van der Waals surface area contributed by atoms with Gasteiger partial charge in [0.05, 0.1) is 13.2 Å². The minimum Gasteiger partial charge on any atom is -0.494 e.